The molecular formula is C14H20FNOS. The van der Waals surface area contributed by atoms with E-state index >= 15 is 0 Å². The van der Waals surface area contributed by atoms with E-state index in [4.69, 9.17) is 0 Å². The number of hydrogen-bond donors (Lipinski definition) is 0. The fourth-order valence-electron chi connectivity index (χ4n) is 1.39. The number of hydrogen-bond acceptors (Lipinski definition) is 2. The Balaban J connectivity index is 2.50. The van der Waals surface area contributed by atoms with Crippen LogP contribution in [-0.2, 0) is 11.3 Å². The van der Waals surface area contributed by atoms with Gasteiger partial charge in [0.1, 0.15) is 5.82 Å². The van der Waals surface area contributed by atoms with E-state index in [1.54, 1.807) is 29.8 Å². The smallest absolute Gasteiger partial charge is 0.232 e. The van der Waals surface area contributed by atoms with E-state index < -0.39 is 0 Å². The van der Waals surface area contributed by atoms with Crippen molar-refractivity contribution < 1.29 is 9.18 Å². The lowest BCUT2D eigenvalue weighted by Crippen LogP contribution is -2.29. The summed E-state index contributed by atoms with van der Waals surface area (Å²) in [5.41, 5.74) is 0.812. The van der Waals surface area contributed by atoms with Gasteiger partial charge in [0, 0.05) is 18.3 Å². The molecule has 100 valence electrons. The molecule has 1 amide bonds. The van der Waals surface area contributed by atoms with Gasteiger partial charge in [-0.3, -0.25) is 4.79 Å². The minimum absolute atomic E-state index is 0.0687. The van der Waals surface area contributed by atoms with E-state index in [-0.39, 0.29) is 16.5 Å². The van der Waals surface area contributed by atoms with Gasteiger partial charge in [-0.1, -0.05) is 32.9 Å². The molecule has 1 rings (SSSR count). The van der Waals surface area contributed by atoms with Crippen LogP contribution < -0.4 is 0 Å². The zero-order chi connectivity index (χ0) is 13.8. The van der Waals surface area contributed by atoms with Gasteiger partial charge < -0.3 is 4.90 Å². The largest absolute Gasteiger partial charge is 0.341 e. The van der Waals surface area contributed by atoms with Crippen LogP contribution in [0.1, 0.15) is 26.3 Å². The van der Waals surface area contributed by atoms with Gasteiger partial charge in [-0.15, -0.1) is 11.8 Å². The van der Waals surface area contributed by atoms with Gasteiger partial charge in [0.15, 0.2) is 0 Å². The monoisotopic (exact) mass is 269 g/mol. The van der Waals surface area contributed by atoms with E-state index in [9.17, 15) is 9.18 Å². The maximum absolute atomic E-state index is 13.0. The van der Waals surface area contributed by atoms with Crippen LogP contribution in [0, 0.1) is 5.82 Å². The number of carbonyl (C=O) groups excluding carboxylic acids is 1. The lowest BCUT2D eigenvalue weighted by Gasteiger charge is -2.21. The fraction of sp³-hybridized carbons (Fsp3) is 0.500. The highest BCUT2D eigenvalue weighted by molar-refractivity contribution is 8.01. The molecule has 0 heterocycles. The predicted molar refractivity (Wildman–Crippen MR) is 75.1 cm³/mol. The Bertz CT molecular complexity index is 415. The second-order valence-electron chi connectivity index (χ2n) is 5.28. The number of amides is 1. The summed E-state index contributed by atoms with van der Waals surface area (Å²) in [6.07, 6.45) is 0. The molecule has 0 bridgehead atoms. The third-order valence-electron chi connectivity index (χ3n) is 2.36. The van der Waals surface area contributed by atoms with Crippen LogP contribution in [0.2, 0.25) is 0 Å². The highest BCUT2D eigenvalue weighted by atomic mass is 32.2. The minimum atomic E-state index is -0.266. The zero-order valence-electron chi connectivity index (χ0n) is 11.4. The first kappa shape index (κ1) is 15.0. The molecule has 0 spiro atoms. The van der Waals surface area contributed by atoms with Crippen molar-refractivity contribution in [3.8, 4) is 0 Å². The molecule has 2 nitrogen and oxygen atoms in total. The van der Waals surface area contributed by atoms with Crippen molar-refractivity contribution in [3.63, 3.8) is 0 Å². The van der Waals surface area contributed by atoms with Gasteiger partial charge in [0.25, 0.3) is 0 Å². The lowest BCUT2D eigenvalue weighted by atomic mass is 10.2. The summed E-state index contributed by atoms with van der Waals surface area (Å²) in [6, 6.07) is 6.35. The number of benzene rings is 1. The van der Waals surface area contributed by atoms with E-state index in [0.29, 0.717) is 12.3 Å². The Kier molecular flexibility index (Phi) is 5.20. The van der Waals surface area contributed by atoms with Crippen molar-refractivity contribution >= 4 is 17.7 Å². The molecule has 4 heteroatoms. The van der Waals surface area contributed by atoms with Gasteiger partial charge in [-0.25, -0.2) is 4.39 Å². The van der Waals surface area contributed by atoms with Gasteiger partial charge in [-0.05, 0) is 17.7 Å². The topological polar surface area (TPSA) is 20.3 Å². The molecule has 1 aromatic carbocycles. The summed E-state index contributed by atoms with van der Waals surface area (Å²) in [5, 5.41) is 0. The van der Waals surface area contributed by atoms with Crippen LogP contribution in [0.5, 0.6) is 0 Å². The van der Waals surface area contributed by atoms with E-state index in [1.165, 1.54) is 12.1 Å². The van der Waals surface area contributed by atoms with E-state index in [2.05, 4.69) is 20.8 Å². The number of thioether (sulfide) groups is 1. The summed E-state index contributed by atoms with van der Waals surface area (Å²) < 4.78 is 13.1. The molecule has 0 saturated carbocycles. The van der Waals surface area contributed by atoms with Gasteiger partial charge in [0.05, 0.1) is 5.75 Å². The molecule has 0 fully saturated rings. The van der Waals surface area contributed by atoms with Crippen LogP contribution in [0.3, 0.4) is 0 Å². The van der Waals surface area contributed by atoms with Crippen molar-refractivity contribution in [3.05, 3.63) is 35.6 Å². The van der Waals surface area contributed by atoms with Crippen molar-refractivity contribution in [2.75, 3.05) is 12.8 Å². The van der Waals surface area contributed by atoms with Crippen molar-refractivity contribution in [1.29, 1.82) is 0 Å². The van der Waals surface area contributed by atoms with Gasteiger partial charge in [-0.2, -0.15) is 0 Å². The molecule has 0 aliphatic heterocycles. The van der Waals surface area contributed by atoms with Gasteiger partial charge >= 0.3 is 0 Å². The molecule has 0 atom stereocenters. The number of halogens is 1. The van der Waals surface area contributed by atoms with Crippen LogP contribution in [0.15, 0.2) is 24.3 Å². The Hall–Kier alpha value is -1.03. The highest BCUT2D eigenvalue weighted by Crippen LogP contribution is 2.23. The molecule has 18 heavy (non-hydrogen) atoms. The molecule has 0 aliphatic rings. The van der Waals surface area contributed by atoms with Crippen molar-refractivity contribution in [2.45, 2.75) is 32.1 Å². The molecule has 0 radical (unpaired) electrons. The fourth-order valence-corrected chi connectivity index (χ4v) is 2.16. The van der Waals surface area contributed by atoms with Crippen LogP contribution in [-0.4, -0.2) is 28.4 Å². The molecule has 0 aliphatic carbocycles. The molecule has 1 aromatic rings. The Morgan fingerprint density at radius 3 is 2.61 bits per heavy atom. The minimum Gasteiger partial charge on any atom is -0.341 e. The Morgan fingerprint density at radius 2 is 2.06 bits per heavy atom. The average Bonchev–Trinajstić information content (AvgIpc) is 2.24. The first-order valence-electron chi connectivity index (χ1n) is 5.90. The molecular weight excluding hydrogens is 249 g/mol. The normalized spacial score (nSPS) is 11.4. The summed E-state index contributed by atoms with van der Waals surface area (Å²) in [6.45, 7) is 6.69. The Morgan fingerprint density at radius 1 is 1.39 bits per heavy atom. The third kappa shape index (κ3) is 5.54. The van der Waals surface area contributed by atoms with E-state index in [0.717, 1.165) is 5.56 Å². The van der Waals surface area contributed by atoms with E-state index in [1.807, 2.05) is 6.07 Å². The zero-order valence-corrected chi connectivity index (χ0v) is 12.2. The summed E-state index contributed by atoms with van der Waals surface area (Å²) in [7, 11) is 1.75. The second kappa shape index (κ2) is 6.23. The molecule has 0 saturated heterocycles. The summed E-state index contributed by atoms with van der Waals surface area (Å²) in [5.74, 6) is 0.256. The quantitative estimate of drug-likeness (QED) is 0.835. The number of rotatable bonds is 4. The SMILES string of the molecule is CN(Cc1cccc(F)c1)C(=O)CSC(C)(C)C. The molecule has 0 unspecified atom stereocenters. The Labute approximate surface area is 113 Å². The molecule has 0 aromatic heterocycles. The van der Waals surface area contributed by atoms with Crippen LogP contribution in [0.4, 0.5) is 4.39 Å². The van der Waals surface area contributed by atoms with Crippen LogP contribution >= 0.6 is 11.8 Å². The predicted octanol–water partition coefficient (Wildman–Crippen LogP) is 3.32. The number of nitrogens with zero attached hydrogens (tertiary/aromatic N) is 1. The summed E-state index contributed by atoms with van der Waals surface area (Å²) >= 11 is 1.62. The first-order valence-corrected chi connectivity index (χ1v) is 6.89. The first-order chi connectivity index (χ1) is 8.28. The third-order valence-corrected chi connectivity index (χ3v) is 3.62. The van der Waals surface area contributed by atoms with Crippen molar-refractivity contribution in [1.82, 2.24) is 4.90 Å². The summed E-state index contributed by atoms with van der Waals surface area (Å²) in [4.78, 5) is 13.5. The lowest BCUT2D eigenvalue weighted by molar-refractivity contribution is -0.127. The average molecular weight is 269 g/mol. The second-order valence-corrected chi connectivity index (χ2v) is 7.08. The highest BCUT2D eigenvalue weighted by Gasteiger charge is 2.16. The van der Waals surface area contributed by atoms with Gasteiger partial charge in [0.2, 0.25) is 5.91 Å². The standard InChI is InChI=1S/C14H20FNOS/c1-14(2,3)18-10-13(17)16(4)9-11-6-5-7-12(15)8-11/h5-8H,9-10H2,1-4H3. The maximum atomic E-state index is 13.0. The number of carbonyl (C=O) groups is 1. The maximum Gasteiger partial charge on any atom is 0.232 e. The van der Waals surface area contributed by atoms with Crippen molar-refractivity contribution in [2.24, 2.45) is 0 Å². The van der Waals surface area contributed by atoms with Crippen LogP contribution in [0.25, 0.3) is 0 Å². The molecule has 0 N–H and O–H groups in total.